The molecule has 2 aromatic carbocycles. The Kier molecular flexibility index (Phi) is 5.46. The van der Waals surface area contributed by atoms with Crippen molar-refractivity contribution in [3.8, 4) is 5.75 Å². The predicted octanol–water partition coefficient (Wildman–Crippen LogP) is 3.17. The van der Waals surface area contributed by atoms with Gasteiger partial charge in [0.15, 0.2) is 9.84 Å². The summed E-state index contributed by atoms with van der Waals surface area (Å²) < 4.78 is 30.4. The van der Waals surface area contributed by atoms with Crippen LogP contribution in [0.3, 0.4) is 0 Å². The molecule has 1 atom stereocenters. The summed E-state index contributed by atoms with van der Waals surface area (Å²) in [7, 11) is -1.87. The second-order valence-corrected chi connectivity index (χ2v) is 8.28. The first-order valence-electron chi connectivity index (χ1n) is 8.49. The Balaban J connectivity index is 1.70. The number of hydrogen-bond donors (Lipinski definition) is 1. The topological polar surface area (TPSA) is 75.7 Å². The number of nitrogens with one attached hydrogen (secondary N) is 1. The summed E-state index contributed by atoms with van der Waals surface area (Å²) in [5, 5.41) is 2.83. The van der Waals surface area contributed by atoms with Gasteiger partial charge in [-0.3, -0.25) is 0 Å². The Morgan fingerprint density at radius 1 is 1.19 bits per heavy atom. The minimum Gasteiger partial charge on any atom is -0.497 e. The first-order valence-corrected chi connectivity index (χ1v) is 10.1. The van der Waals surface area contributed by atoms with E-state index in [1.54, 1.807) is 66.6 Å². The third-order valence-electron chi connectivity index (χ3n) is 4.47. The second kappa shape index (κ2) is 7.78. The fourth-order valence-corrected chi connectivity index (χ4v) is 4.77. The summed E-state index contributed by atoms with van der Waals surface area (Å²) in [5.74, 6) is 0.579. The van der Waals surface area contributed by atoms with Gasteiger partial charge < -0.3 is 15.0 Å². The Labute approximate surface area is 153 Å². The number of amides is 2. The van der Waals surface area contributed by atoms with Gasteiger partial charge in [0.2, 0.25) is 0 Å². The lowest BCUT2D eigenvalue weighted by molar-refractivity contribution is 0.210. The van der Waals surface area contributed by atoms with Crippen LogP contribution in [0, 0.1) is 0 Å². The molecule has 1 unspecified atom stereocenters. The number of ether oxygens (including phenoxy) is 1. The number of hydrogen-bond acceptors (Lipinski definition) is 4. The molecule has 2 amide bonds. The standard InChI is InChI=1S/C19H22N2O4S/c1-25-17-9-5-7-15(13-17)20-19(22)21-12-6-8-16(21)14-26(23,24)18-10-3-2-4-11-18/h2-5,7,9-11,13,16H,6,8,12,14H2,1H3,(H,20,22). The fraction of sp³-hybridized carbons (Fsp3) is 0.316. The van der Waals surface area contributed by atoms with Crippen LogP contribution in [0.15, 0.2) is 59.5 Å². The minimum absolute atomic E-state index is 0.0669. The molecule has 1 fully saturated rings. The van der Waals surface area contributed by atoms with Gasteiger partial charge in [-0.25, -0.2) is 13.2 Å². The van der Waals surface area contributed by atoms with E-state index in [0.717, 1.165) is 6.42 Å². The molecule has 0 bridgehead atoms. The van der Waals surface area contributed by atoms with E-state index in [9.17, 15) is 13.2 Å². The van der Waals surface area contributed by atoms with E-state index < -0.39 is 9.84 Å². The average Bonchev–Trinajstić information content (AvgIpc) is 3.10. The van der Waals surface area contributed by atoms with Gasteiger partial charge in [-0.05, 0) is 37.1 Å². The third kappa shape index (κ3) is 4.16. The maximum absolute atomic E-state index is 12.6. The van der Waals surface area contributed by atoms with Crippen molar-refractivity contribution in [2.24, 2.45) is 0 Å². The molecule has 1 N–H and O–H groups in total. The number of urea groups is 1. The van der Waals surface area contributed by atoms with Gasteiger partial charge in [0, 0.05) is 24.3 Å². The van der Waals surface area contributed by atoms with Gasteiger partial charge in [0.25, 0.3) is 0 Å². The van der Waals surface area contributed by atoms with Crippen LogP contribution in [0.2, 0.25) is 0 Å². The fourth-order valence-electron chi connectivity index (χ4n) is 3.15. The van der Waals surface area contributed by atoms with E-state index in [1.807, 2.05) is 0 Å². The van der Waals surface area contributed by atoms with Crippen molar-refractivity contribution in [1.29, 1.82) is 0 Å². The van der Waals surface area contributed by atoms with Crippen LogP contribution in [0.1, 0.15) is 12.8 Å². The van der Waals surface area contributed by atoms with Crippen LogP contribution in [0.4, 0.5) is 10.5 Å². The maximum Gasteiger partial charge on any atom is 0.322 e. The van der Waals surface area contributed by atoms with E-state index in [2.05, 4.69) is 5.32 Å². The Morgan fingerprint density at radius 3 is 2.69 bits per heavy atom. The molecule has 0 saturated carbocycles. The lowest BCUT2D eigenvalue weighted by Crippen LogP contribution is -2.42. The predicted molar refractivity (Wildman–Crippen MR) is 100 cm³/mol. The molecule has 3 rings (SSSR count). The monoisotopic (exact) mass is 374 g/mol. The van der Waals surface area contributed by atoms with Gasteiger partial charge in [0.1, 0.15) is 5.75 Å². The van der Waals surface area contributed by atoms with Gasteiger partial charge in [-0.2, -0.15) is 0 Å². The van der Waals surface area contributed by atoms with Crippen LogP contribution >= 0.6 is 0 Å². The summed E-state index contributed by atoms with van der Waals surface area (Å²) in [6, 6.07) is 14.8. The molecule has 1 aliphatic rings. The SMILES string of the molecule is COc1cccc(NC(=O)N2CCCC2CS(=O)(=O)c2ccccc2)c1. The average molecular weight is 374 g/mol. The van der Waals surface area contributed by atoms with Crippen molar-refractivity contribution in [1.82, 2.24) is 4.90 Å². The lowest BCUT2D eigenvalue weighted by atomic mass is 10.2. The molecule has 138 valence electrons. The number of likely N-dealkylation sites (tertiary alicyclic amines) is 1. The molecule has 0 radical (unpaired) electrons. The van der Waals surface area contributed by atoms with Crippen molar-refractivity contribution in [3.63, 3.8) is 0 Å². The zero-order valence-corrected chi connectivity index (χ0v) is 15.4. The van der Waals surface area contributed by atoms with Gasteiger partial charge in [-0.15, -0.1) is 0 Å². The molecule has 0 aromatic heterocycles. The van der Waals surface area contributed by atoms with Crippen molar-refractivity contribution in [2.45, 2.75) is 23.8 Å². The molecule has 0 aliphatic carbocycles. The van der Waals surface area contributed by atoms with Crippen LogP contribution in [0.25, 0.3) is 0 Å². The number of anilines is 1. The zero-order valence-electron chi connectivity index (χ0n) is 14.6. The minimum atomic E-state index is -3.44. The number of carbonyl (C=O) groups is 1. The Morgan fingerprint density at radius 2 is 1.96 bits per heavy atom. The lowest BCUT2D eigenvalue weighted by Gasteiger charge is -2.25. The third-order valence-corrected chi connectivity index (χ3v) is 6.29. The van der Waals surface area contributed by atoms with E-state index >= 15 is 0 Å². The number of sulfone groups is 1. The smallest absolute Gasteiger partial charge is 0.322 e. The molecule has 6 nitrogen and oxygen atoms in total. The highest BCUT2D eigenvalue weighted by atomic mass is 32.2. The van der Waals surface area contributed by atoms with Crippen LogP contribution < -0.4 is 10.1 Å². The van der Waals surface area contributed by atoms with E-state index in [0.29, 0.717) is 29.3 Å². The molecule has 2 aromatic rings. The second-order valence-electron chi connectivity index (χ2n) is 6.25. The van der Waals surface area contributed by atoms with E-state index in [1.165, 1.54) is 0 Å². The van der Waals surface area contributed by atoms with E-state index in [4.69, 9.17) is 4.74 Å². The van der Waals surface area contributed by atoms with Crippen LogP contribution in [-0.4, -0.2) is 44.8 Å². The number of rotatable bonds is 5. The maximum atomic E-state index is 12.6. The normalized spacial score (nSPS) is 17.1. The van der Waals surface area contributed by atoms with E-state index in [-0.39, 0.29) is 17.8 Å². The number of methoxy groups -OCH3 is 1. The molecular formula is C19H22N2O4S. The van der Waals surface area contributed by atoms with Crippen LogP contribution in [0.5, 0.6) is 5.75 Å². The quantitative estimate of drug-likeness (QED) is 0.872. The first kappa shape index (κ1) is 18.3. The Bertz CT molecular complexity index is 868. The summed E-state index contributed by atoms with van der Waals surface area (Å²) in [4.78, 5) is 14.5. The summed E-state index contributed by atoms with van der Waals surface area (Å²) in [5.41, 5.74) is 0.617. The molecular weight excluding hydrogens is 352 g/mol. The summed E-state index contributed by atoms with van der Waals surface area (Å²) in [6.07, 6.45) is 1.47. The highest BCUT2D eigenvalue weighted by Crippen LogP contribution is 2.24. The van der Waals surface area contributed by atoms with Crippen molar-refractivity contribution < 1.29 is 17.9 Å². The van der Waals surface area contributed by atoms with Crippen molar-refractivity contribution in [3.05, 3.63) is 54.6 Å². The van der Waals surface area contributed by atoms with Gasteiger partial charge in [-0.1, -0.05) is 24.3 Å². The molecule has 7 heteroatoms. The number of benzene rings is 2. The molecule has 1 heterocycles. The summed E-state index contributed by atoms with van der Waals surface area (Å²) in [6.45, 7) is 0.546. The van der Waals surface area contributed by atoms with Gasteiger partial charge in [0.05, 0.1) is 17.8 Å². The molecule has 1 saturated heterocycles. The highest BCUT2D eigenvalue weighted by molar-refractivity contribution is 7.91. The highest BCUT2D eigenvalue weighted by Gasteiger charge is 2.33. The van der Waals surface area contributed by atoms with Crippen molar-refractivity contribution >= 4 is 21.6 Å². The molecule has 0 spiro atoms. The number of carbonyl (C=O) groups excluding carboxylic acids is 1. The largest absolute Gasteiger partial charge is 0.497 e. The molecule has 26 heavy (non-hydrogen) atoms. The number of nitrogens with zero attached hydrogens (tertiary/aromatic N) is 1. The Hall–Kier alpha value is -2.54. The van der Waals surface area contributed by atoms with Crippen molar-refractivity contribution in [2.75, 3.05) is 24.7 Å². The molecule has 1 aliphatic heterocycles. The summed E-state index contributed by atoms with van der Waals surface area (Å²) >= 11 is 0. The zero-order chi connectivity index (χ0) is 18.6. The van der Waals surface area contributed by atoms with Crippen LogP contribution in [-0.2, 0) is 9.84 Å². The van der Waals surface area contributed by atoms with Gasteiger partial charge >= 0.3 is 6.03 Å². The first-order chi connectivity index (χ1) is 12.5.